The summed E-state index contributed by atoms with van der Waals surface area (Å²) in [7, 11) is 1.53. The van der Waals surface area contributed by atoms with Crippen LogP contribution in [0.3, 0.4) is 0 Å². The van der Waals surface area contributed by atoms with E-state index in [0.717, 1.165) is 17.0 Å². The van der Waals surface area contributed by atoms with Gasteiger partial charge in [0, 0.05) is 30.1 Å². The van der Waals surface area contributed by atoms with Crippen LogP contribution in [0.2, 0.25) is 5.02 Å². The standard InChI is InChI=1S/C20H24ClN3O4/c1-12-16(13(2)28-23-12)11-24-9-8-15(5-7-19(24)25)22-20(26)14-4-6-18(27-3)17(21)10-14/h4,6,10,15H,5,7-9,11H2,1-3H3,(H,22,26). The van der Waals surface area contributed by atoms with E-state index in [4.69, 9.17) is 20.9 Å². The van der Waals surface area contributed by atoms with Gasteiger partial charge in [0.1, 0.15) is 11.5 Å². The lowest BCUT2D eigenvalue weighted by molar-refractivity contribution is -0.131. The maximum Gasteiger partial charge on any atom is 0.251 e. The zero-order valence-electron chi connectivity index (χ0n) is 16.3. The lowest BCUT2D eigenvalue weighted by atomic mass is 10.1. The van der Waals surface area contributed by atoms with Crippen LogP contribution in [0, 0.1) is 13.8 Å². The molecule has 0 aliphatic carbocycles. The van der Waals surface area contributed by atoms with E-state index in [2.05, 4.69) is 10.5 Å². The fraction of sp³-hybridized carbons (Fsp3) is 0.450. The quantitative estimate of drug-likeness (QED) is 0.825. The third kappa shape index (κ3) is 4.47. The highest BCUT2D eigenvalue weighted by Crippen LogP contribution is 2.25. The summed E-state index contributed by atoms with van der Waals surface area (Å²) in [6, 6.07) is 4.85. The van der Waals surface area contributed by atoms with Crippen molar-refractivity contribution in [3.63, 3.8) is 0 Å². The Morgan fingerprint density at radius 2 is 2.18 bits per heavy atom. The van der Waals surface area contributed by atoms with Crippen LogP contribution in [0.1, 0.15) is 46.6 Å². The number of carbonyl (C=O) groups is 2. The normalized spacial score (nSPS) is 17.4. The molecular formula is C20H24ClN3O4. The molecule has 1 aliphatic heterocycles. The molecular weight excluding hydrogens is 382 g/mol. The third-order valence-corrected chi connectivity index (χ3v) is 5.38. The Hall–Kier alpha value is -2.54. The summed E-state index contributed by atoms with van der Waals surface area (Å²) >= 11 is 6.10. The lowest BCUT2D eigenvalue weighted by Gasteiger charge is -2.21. The molecule has 1 aromatic carbocycles. The molecule has 8 heteroatoms. The largest absolute Gasteiger partial charge is 0.495 e. The Bertz CT molecular complexity index is 861. The molecule has 1 aliphatic rings. The third-order valence-electron chi connectivity index (χ3n) is 5.09. The van der Waals surface area contributed by atoms with E-state index < -0.39 is 0 Å². The Morgan fingerprint density at radius 3 is 2.82 bits per heavy atom. The SMILES string of the molecule is COc1ccc(C(=O)NC2CCC(=O)N(Cc3c(C)noc3C)CC2)cc1Cl. The van der Waals surface area contributed by atoms with E-state index in [9.17, 15) is 9.59 Å². The van der Waals surface area contributed by atoms with E-state index in [1.54, 1.807) is 18.2 Å². The van der Waals surface area contributed by atoms with Gasteiger partial charge >= 0.3 is 0 Å². The Kier molecular flexibility index (Phi) is 6.24. The van der Waals surface area contributed by atoms with E-state index in [0.29, 0.717) is 48.7 Å². The molecule has 2 heterocycles. The summed E-state index contributed by atoms with van der Waals surface area (Å²) in [5.41, 5.74) is 2.22. The molecule has 0 radical (unpaired) electrons. The molecule has 0 bridgehead atoms. The Balaban J connectivity index is 1.62. The number of aromatic nitrogens is 1. The van der Waals surface area contributed by atoms with Crippen LogP contribution >= 0.6 is 11.6 Å². The van der Waals surface area contributed by atoms with Gasteiger partial charge in [-0.15, -0.1) is 0 Å². The highest BCUT2D eigenvalue weighted by molar-refractivity contribution is 6.32. The van der Waals surface area contributed by atoms with Crippen LogP contribution in [0.15, 0.2) is 22.7 Å². The Morgan fingerprint density at radius 1 is 1.39 bits per heavy atom. The summed E-state index contributed by atoms with van der Waals surface area (Å²) < 4.78 is 10.3. The summed E-state index contributed by atoms with van der Waals surface area (Å²) in [4.78, 5) is 26.9. The minimum Gasteiger partial charge on any atom is -0.495 e. The molecule has 3 rings (SSSR count). The average molecular weight is 406 g/mol. The van der Waals surface area contributed by atoms with Gasteiger partial charge in [-0.25, -0.2) is 0 Å². The fourth-order valence-electron chi connectivity index (χ4n) is 3.34. The van der Waals surface area contributed by atoms with Crippen LogP contribution < -0.4 is 10.1 Å². The van der Waals surface area contributed by atoms with Crippen molar-refractivity contribution in [1.29, 1.82) is 0 Å². The minimum absolute atomic E-state index is 0.0734. The molecule has 2 amide bonds. The van der Waals surface area contributed by atoms with E-state index in [1.807, 2.05) is 18.7 Å². The average Bonchev–Trinajstić information content (AvgIpc) is 2.88. The number of nitrogens with one attached hydrogen (secondary N) is 1. The van der Waals surface area contributed by atoms with E-state index in [-0.39, 0.29) is 17.9 Å². The molecule has 28 heavy (non-hydrogen) atoms. The molecule has 2 aromatic rings. The maximum absolute atomic E-state index is 12.6. The summed E-state index contributed by atoms with van der Waals surface area (Å²) in [6.45, 7) is 4.77. The number of amides is 2. The van der Waals surface area contributed by atoms with Crippen molar-refractivity contribution in [2.75, 3.05) is 13.7 Å². The Labute approximate surface area is 169 Å². The predicted molar refractivity (Wildman–Crippen MR) is 105 cm³/mol. The second-order valence-corrected chi connectivity index (χ2v) is 7.37. The van der Waals surface area contributed by atoms with Gasteiger partial charge in [0.15, 0.2) is 0 Å². The second-order valence-electron chi connectivity index (χ2n) is 6.97. The van der Waals surface area contributed by atoms with Crippen molar-refractivity contribution < 1.29 is 18.8 Å². The highest BCUT2D eigenvalue weighted by atomic mass is 35.5. The zero-order valence-corrected chi connectivity index (χ0v) is 17.0. The van der Waals surface area contributed by atoms with Crippen molar-refractivity contribution in [1.82, 2.24) is 15.4 Å². The van der Waals surface area contributed by atoms with Crippen LogP contribution in [-0.4, -0.2) is 41.6 Å². The molecule has 1 aromatic heterocycles. The first-order chi connectivity index (χ1) is 13.4. The second kappa shape index (κ2) is 8.65. The van der Waals surface area contributed by atoms with Crippen LogP contribution in [-0.2, 0) is 11.3 Å². The molecule has 0 saturated carbocycles. The number of rotatable bonds is 5. The number of hydrogen-bond acceptors (Lipinski definition) is 5. The summed E-state index contributed by atoms with van der Waals surface area (Å²) in [6.07, 6.45) is 1.68. The number of ether oxygens (including phenoxy) is 1. The van der Waals surface area contributed by atoms with E-state index >= 15 is 0 Å². The maximum atomic E-state index is 12.6. The number of halogens is 1. The smallest absolute Gasteiger partial charge is 0.251 e. The molecule has 1 unspecified atom stereocenters. The number of likely N-dealkylation sites (tertiary alicyclic amines) is 1. The molecule has 1 N–H and O–H groups in total. The molecule has 1 fully saturated rings. The van der Waals surface area contributed by atoms with Crippen molar-refractivity contribution in [3.05, 3.63) is 45.8 Å². The van der Waals surface area contributed by atoms with Crippen molar-refractivity contribution in [2.24, 2.45) is 0 Å². The molecule has 0 spiro atoms. The van der Waals surface area contributed by atoms with Crippen molar-refractivity contribution in [3.8, 4) is 5.75 Å². The number of hydrogen-bond donors (Lipinski definition) is 1. The monoisotopic (exact) mass is 405 g/mol. The highest BCUT2D eigenvalue weighted by Gasteiger charge is 2.25. The van der Waals surface area contributed by atoms with Gasteiger partial charge in [0.25, 0.3) is 5.91 Å². The number of nitrogens with zero attached hydrogens (tertiary/aromatic N) is 2. The topological polar surface area (TPSA) is 84.7 Å². The number of aryl methyl sites for hydroxylation is 2. The van der Waals surface area contributed by atoms with Crippen LogP contribution in [0.4, 0.5) is 0 Å². The van der Waals surface area contributed by atoms with Crippen molar-refractivity contribution in [2.45, 2.75) is 45.7 Å². The van der Waals surface area contributed by atoms with Gasteiger partial charge < -0.3 is 19.5 Å². The zero-order chi connectivity index (χ0) is 20.3. The van der Waals surface area contributed by atoms with E-state index in [1.165, 1.54) is 7.11 Å². The number of benzene rings is 1. The number of carbonyl (C=O) groups excluding carboxylic acids is 2. The number of methoxy groups -OCH3 is 1. The van der Waals surface area contributed by atoms with Gasteiger partial charge in [-0.05, 0) is 44.9 Å². The summed E-state index contributed by atoms with van der Waals surface area (Å²) in [5.74, 6) is 1.12. The first-order valence-electron chi connectivity index (χ1n) is 9.23. The lowest BCUT2D eigenvalue weighted by Crippen LogP contribution is -2.36. The van der Waals surface area contributed by atoms with Gasteiger partial charge in [-0.3, -0.25) is 9.59 Å². The van der Waals surface area contributed by atoms with Crippen LogP contribution in [0.5, 0.6) is 5.75 Å². The molecule has 150 valence electrons. The van der Waals surface area contributed by atoms with Gasteiger partial charge in [-0.2, -0.15) is 0 Å². The first kappa shape index (κ1) is 20.2. The molecule has 1 saturated heterocycles. The molecule has 7 nitrogen and oxygen atoms in total. The molecule has 1 atom stereocenters. The summed E-state index contributed by atoms with van der Waals surface area (Å²) in [5, 5.41) is 7.35. The van der Waals surface area contributed by atoms with Crippen molar-refractivity contribution >= 4 is 23.4 Å². The van der Waals surface area contributed by atoms with Gasteiger partial charge in [0.05, 0.1) is 24.4 Å². The predicted octanol–water partition coefficient (Wildman–Crippen LogP) is 3.26. The minimum atomic E-state index is -0.207. The van der Waals surface area contributed by atoms with Gasteiger partial charge in [0.2, 0.25) is 5.91 Å². The first-order valence-corrected chi connectivity index (χ1v) is 9.60. The fourth-order valence-corrected chi connectivity index (χ4v) is 3.60. The van der Waals surface area contributed by atoms with Crippen LogP contribution in [0.25, 0.3) is 0 Å². The van der Waals surface area contributed by atoms with Gasteiger partial charge in [-0.1, -0.05) is 16.8 Å².